The Morgan fingerprint density at radius 3 is 2.51 bits per heavy atom. The second kappa shape index (κ2) is 18.7. The summed E-state index contributed by atoms with van der Waals surface area (Å²) < 4.78 is 47.6. The van der Waals surface area contributed by atoms with Crippen LogP contribution < -0.4 is 26.0 Å². The topological polar surface area (TPSA) is 151 Å². The van der Waals surface area contributed by atoms with E-state index in [0.29, 0.717) is 51.4 Å². The average molecular weight is 691 g/mol. The predicted octanol–water partition coefficient (Wildman–Crippen LogP) is 5.31. The summed E-state index contributed by atoms with van der Waals surface area (Å²) in [5.74, 6) is 0.931. The van der Waals surface area contributed by atoms with E-state index in [2.05, 4.69) is 29.5 Å². The number of carbonyl (C=O) groups excluding carboxylic acids is 2. The van der Waals surface area contributed by atoms with Crippen LogP contribution in [0.2, 0.25) is 0 Å². The molecule has 47 heavy (non-hydrogen) atoms. The van der Waals surface area contributed by atoms with Crippen LogP contribution in [-0.4, -0.2) is 66.6 Å². The first-order valence-electron chi connectivity index (χ1n) is 14.0. The standard InChI is InChI=1S/C31H34F3N6O5PS/c1-3-47-31(40(18-41)25-12-19(2)4-5-21(25)14-44-16-28(34)42)39-30(43)38-24-11-6-20(13-26(24)46)29(35)37-17-36-22-7-9-23(10-8-22)45-15-27(32)33/h4-13,17-18,27-28,42H,3,14-16,46H2,1-2H3,(H,38,43)(H2,35,36,37)/b39-31-. The van der Waals surface area contributed by atoms with Gasteiger partial charge >= 0.3 is 6.03 Å². The van der Waals surface area contributed by atoms with Crippen molar-refractivity contribution < 1.29 is 37.3 Å². The summed E-state index contributed by atoms with van der Waals surface area (Å²) in [7, 11) is 2.49. The molecule has 0 saturated carbocycles. The van der Waals surface area contributed by atoms with E-state index in [4.69, 9.17) is 20.3 Å². The third-order valence-corrected chi connectivity index (χ3v) is 7.31. The van der Waals surface area contributed by atoms with Gasteiger partial charge in [0, 0.05) is 16.8 Å². The fraction of sp³-hybridized carbons (Fsp3) is 0.258. The van der Waals surface area contributed by atoms with Crippen LogP contribution in [0.25, 0.3) is 0 Å². The summed E-state index contributed by atoms with van der Waals surface area (Å²) in [5, 5.41) is 12.3. The van der Waals surface area contributed by atoms with Crippen molar-refractivity contribution in [3.8, 4) is 5.75 Å². The number of amides is 3. The number of nitrogens with two attached hydrogens (primary N) is 1. The molecule has 4 N–H and O–H groups in total. The molecule has 0 aliphatic carbocycles. The molecule has 0 heterocycles. The fourth-order valence-electron chi connectivity index (χ4n) is 3.86. The molecule has 0 fully saturated rings. The second-order valence-corrected chi connectivity index (χ2v) is 11.4. The van der Waals surface area contributed by atoms with E-state index in [0.717, 1.165) is 5.56 Å². The van der Waals surface area contributed by atoms with Crippen molar-refractivity contribution in [2.24, 2.45) is 20.7 Å². The Morgan fingerprint density at radius 1 is 1.13 bits per heavy atom. The number of carbonyl (C=O) groups is 2. The number of aryl methyl sites for hydroxylation is 1. The molecule has 3 aromatic rings. The fourth-order valence-corrected chi connectivity index (χ4v) is 4.90. The predicted molar refractivity (Wildman–Crippen MR) is 184 cm³/mol. The van der Waals surface area contributed by atoms with Gasteiger partial charge in [-0.25, -0.2) is 28.0 Å². The van der Waals surface area contributed by atoms with E-state index in [1.54, 1.807) is 48.5 Å². The van der Waals surface area contributed by atoms with Crippen molar-refractivity contribution in [1.82, 2.24) is 0 Å². The van der Waals surface area contributed by atoms with Crippen LogP contribution in [0.1, 0.15) is 23.6 Å². The molecule has 250 valence electrons. The molecule has 0 bridgehead atoms. The molecule has 0 aliphatic heterocycles. The summed E-state index contributed by atoms with van der Waals surface area (Å²) in [6.45, 7) is 2.34. The molecule has 0 saturated heterocycles. The minimum Gasteiger partial charge on any atom is -0.488 e. The highest BCUT2D eigenvalue weighted by Gasteiger charge is 2.19. The quantitative estimate of drug-likeness (QED) is 0.0898. The Morgan fingerprint density at radius 2 is 1.87 bits per heavy atom. The van der Waals surface area contributed by atoms with Crippen molar-refractivity contribution in [3.63, 3.8) is 0 Å². The number of aliphatic imine (C=N–C) groups is 3. The maximum Gasteiger partial charge on any atom is 0.347 e. The number of alkyl halides is 3. The molecule has 3 amide bonds. The number of ether oxygens (including phenoxy) is 2. The van der Waals surface area contributed by atoms with Crippen LogP contribution in [0.3, 0.4) is 0 Å². The number of benzene rings is 3. The zero-order valence-electron chi connectivity index (χ0n) is 25.5. The highest BCUT2D eigenvalue weighted by atomic mass is 32.2. The largest absolute Gasteiger partial charge is 0.488 e. The lowest BCUT2D eigenvalue weighted by Gasteiger charge is -2.22. The number of amidine groups is 2. The average Bonchev–Trinajstić information content (AvgIpc) is 3.02. The van der Waals surface area contributed by atoms with Crippen molar-refractivity contribution >= 4 is 73.2 Å². The maximum absolute atomic E-state index is 13.0. The Kier molecular flexibility index (Phi) is 14.8. The van der Waals surface area contributed by atoms with Crippen molar-refractivity contribution in [2.75, 3.05) is 29.2 Å². The van der Waals surface area contributed by atoms with Gasteiger partial charge in [-0.05, 0) is 72.1 Å². The van der Waals surface area contributed by atoms with Gasteiger partial charge in [0.25, 0.3) is 6.43 Å². The minimum atomic E-state index is -2.57. The number of rotatable bonds is 14. The summed E-state index contributed by atoms with van der Waals surface area (Å²) in [6, 6.07) is 15.6. The van der Waals surface area contributed by atoms with Crippen molar-refractivity contribution in [2.45, 2.75) is 33.2 Å². The Balaban J connectivity index is 1.73. The summed E-state index contributed by atoms with van der Waals surface area (Å²) in [4.78, 5) is 39.0. The van der Waals surface area contributed by atoms with Crippen LogP contribution in [-0.2, 0) is 16.1 Å². The number of nitrogens with zero attached hydrogens (tertiary/aromatic N) is 4. The van der Waals surface area contributed by atoms with E-state index in [1.807, 2.05) is 13.8 Å². The van der Waals surface area contributed by atoms with Crippen LogP contribution in [0, 0.1) is 6.92 Å². The minimum absolute atomic E-state index is 0.0909. The van der Waals surface area contributed by atoms with Gasteiger partial charge in [0.05, 0.1) is 18.0 Å². The summed E-state index contributed by atoms with van der Waals surface area (Å²) >= 11 is 1.17. The molecule has 0 radical (unpaired) electrons. The monoisotopic (exact) mass is 690 g/mol. The van der Waals surface area contributed by atoms with Gasteiger partial charge in [0.1, 0.15) is 31.1 Å². The first-order chi connectivity index (χ1) is 22.5. The third-order valence-electron chi connectivity index (χ3n) is 6.00. The number of hydrogen-bond acceptors (Lipinski definition) is 7. The number of aliphatic hydroxyl groups excluding tert-OH is 1. The first kappa shape index (κ1) is 37.2. The van der Waals surface area contributed by atoms with Gasteiger partial charge in [-0.1, -0.05) is 30.8 Å². The highest BCUT2D eigenvalue weighted by Crippen LogP contribution is 2.26. The molecule has 2 unspecified atom stereocenters. The molecule has 3 rings (SSSR count). The molecule has 0 aliphatic rings. The van der Waals surface area contributed by atoms with Crippen LogP contribution in [0.5, 0.6) is 5.75 Å². The van der Waals surface area contributed by atoms with Gasteiger partial charge in [-0.2, -0.15) is 4.99 Å². The lowest BCUT2D eigenvalue weighted by molar-refractivity contribution is -0.106. The number of urea groups is 1. The van der Waals surface area contributed by atoms with Crippen molar-refractivity contribution in [3.05, 3.63) is 77.4 Å². The third kappa shape index (κ3) is 12.1. The molecular formula is C31H34F3N6O5PS. The van der Waals surface area contributed by atoms with Gasteiger partial charge in [0.2, 0.25) is 12.8 Å². The Labute approximate surface area is 276 Å². The smallest absolute Gasteiger partial charge is 0.347 e. The number of aliphatic hydroxyl groups is 1. The number of thioether (sulfide) groups is 1. The molecule has 3 aromatic carbocycles. The normalized spacial score (nSPS) is 12.8. The van der Waals surface area contributed by atoms with Gasteiger partial charge in [-0.15, -0.1) is 9.24 Å². The summed E-state index contributed by atoms with van der Waals surface area (Å²) in [6.07, 6.45) is -2.93. The van der Waals surface area contributed by atoms with Crippen LogP contribution in [0.4, 0.5) is 35.0 Å². The lowest BCUT2D eigenvalue weighted by atomic mass is 10.1. The van der Waals surface area contributed by atoms with Gasteiger partial charge in [0.15, 0.2) is 5.17 Å². The summed E-state index contributed by atoms with van der Waals surface area (Å²) in [5.41, 5.74) is 9.31. The highest BCUT2D eigenvalue weighted by molar-refractivity contribution is 8.14. The Bertz CT molecular complexity index is 1610. The van der Waals surface area contributed by atoms with Crippen LogP contribution in [0.15, 0.2) is 75.6 Å². The van der Waals surface area contributed by atoms with E-state index >= 15 is 0 Å². The number of anilines is 2. The molecule has 0 aromatic heterocycles. The van der Waals surface area contributed by atoms with Crippen LogP contribution >= 0.6 is 21.0 Å². The SMILES string of the molecule is CCS/C(=N\C(=O)Nc1ccc(C(N)=NC=Nc2ccc(OCC(F)F)cc2)cc1P)N(C=O)c1cc(C)ccc1COCC(O)F. The van der Waals surface area contributed by atoms with E-state index in [9.17, 15) is 22.8 Å². The van der Waals surface area contributed by atoms with Crippen molar-refractivity contribution in [1.29, 1.82) is 0 Å². The van der Waals surface area contributed by atoms with E-state index < -0.39 is 32.0 Å². The zero-order valence-corrected chi connectivity index (χ0v) is 27.4. The molecule has 16 heteroatoms. The Hall–Kier alpha value is -4.30. The van der Waals surface area contributed by atoms with Gasteiger partial charge in [-0.3, -0.25) is 9.69 Å². The van der Waals surface area contributed by atoms with E-state index in [-0.39, 0.29) is 17.6 Å². The number of hydrogen-bond donors (Lipinski definition) is 3. The van der Waals surface area contributed by atoms with Gasteiger partial charge < -0.3 is 25.6 Å². The number of nitrogens with one attached hydrogen (secondary N) is 1. The maximum atomic E-state index is 13.0. The molecule has 0 spiro atoms. The lowest BCUT2D eigenvalue weighted by Crippen LogP contribution is -2.30. The first-order valence-corrected chi connectivity index (χ1v) is 15.6. The number of halogens is 3. The molecule has 2 atom stereocenters. The molecular weight excluding hydrogens is 656 g/mol. The molecule has 11 nitrogen and oxygen atoms in total. The second-order valence-electron chi connectivity index (χ2n) is 9.57. The zero-order chi connectivity index (χ0) is 34.3. The van der Waals surface area contributed by atoms with E-state index in [1.165, 1.54) is 35.1 Å².